The third-order valence-corrected chi connectivity index (χ3v) is 5.87. The van der Waals surface area contributed by atoms with Gasteiger partial charge in [-0.2, -0.15) is 0 Å². The molecule has 1 aliphatic carbocycles. The third kappa shape index (κ3) is 4.01. The van der Waals surface area contributed by atoms with Crippen LogP contribution in [0, 0.1) is 0 Å². The predicted octanol–water partition coefficient (Wildman–Crippen LogP) is 2.48. The molecule has 2 saturated heterocycles. The molecule has 3 aliphatic rings. The van der Waals surface area contributed by atoms with E-state index in [0.717, 1.165) is 32.1 Å². The topological polar surface area (TPSA) is 67.9 Å². The zero-order valence-electron chi connectivity index (χ0n) is 15.7. The van der Waals surface area contributed by atoms with Crippen molar-refractivity contribution in [3.05, 3.63) is 35.9 Å². The number of ether oxygens (including phenoxy) is 2. The van der Waals surface area contributed by atoms with Gasteiger partial charge >= 0.3 is 0 Å². The van der Waals surface area contributed by atoms with Crippen molar-refractivity contribution in [1.29, 1.82) is 0 Å². The van der Waals surface area contributed by atoms with Crippen molar-refractivity contribution in [2.45, 2.75) is 62.9 Å². The molecule has 2 aliphatic heterocycles. The van der Waals surface area contributed by atoms with Gasteiger partial charge in [-0.1, -0.05) is 24.6 Å². The lowest BCUT2D eigenvalue weighted by molar-refractivity contribution is -0.186. The van der Waals surface area contributed by atoms with Gasteiger partial charge in [-0.15, -0.1) is 0 Å². The van der Waals surface area contributed by atoms with Gasteiger partial charge in [-0.25, -0.2) is 0 Å². The van der Waals surface area contributed by atoms with Crippen molar-refractivity contribution >= 4 is 11.8 Å². The molecule has 6 heteroatoms. The van der Waals surface area contributed by atoms with Crippen molar-refractivity contribution in [3.8, 4) is 0 Å². The molecule has 1 aromatic carbocycles. The van der Waals surface area contributed by atoms with Gasteiger partial charge in [0.15, 0.2) is 5.79 Å². The van der Waals surface area contributed by atoms with E-state index < -0.39 is 11.8 Å². The smallest absolute Gasteiger partial charge is 0.254 e. The lowest BCUT2D eigenvalue weighted by Gasteiger charge is -2.31. The second-order valence-electron chi connectivity index (χ2n) is 7.79. The zero-order valence-corrected chi connectivity index (χ0v) is 15.7. The number of benzene rings is 1. The van der Waals surface area contributed by atoms with E-state index in [0.29, 0.717) is 31.7 Å². The van der Waals surface area contributed by atoms with Gasteiger partial charge in [-0.05, 0) is 37.8 Å². The molecule has 2 heterocycles. The third-order valence-electron chi connectivity index (χ3n) is 5.87. The Morgan fingerprint density at radius 2 is 1.89 bits per heavy atom. The molecule has 1 spiro atoms. The minimum atomic E-state index is -0.420. The first-order valence-electron chi connectivity index (χ1n) is 10.1. The van der Waals surface area contributed by atoms with Gasteiger partial charge in [0.05, 0.1) is 6.61 Å². The van der Waals surface area contributed by atoms with E-state index >= 15 is 0 Å². The van der Waals surface area contributed by atoms with E-state index in [9.17, 15) is 9.59 Å². The van der Waals surface area contributed by atoms with Gasteiger partial charge in [0.25, 0.3) is 5.91 Å². The van der Waals surface area contributed by atoms with Crippen LogP contribution >= 0.6 is 0 Å². The molecule has 27 heavy (non-hydrogen) atoms. The average molecular weight is 372 g/mol. The van der Waals surface area contributed by atoms with E-state index in [1.807, 2.05) is 18.2 Å². The summed E-state index contributed by atoms with van der Waals surface area (Å²) in [6.45, 7) is 1.58. The molecule has 4 rings (SSSR count). The summed E-state index contributed by atoms with van der Waals surface area (Å²) in [5.41, 5.74) is 0.629. The molecular weight excluding hydrogens is 344 g/mol. The Morgan fingerprint density at radius 1 is 1.11 bits per heavy atom. The summed E-state index contributed by atoms with van der Waals surface area (Å²) in [7, 11) is 0. The molecule has 0 aromatic heterocycles. The Morgan fingerprint density at radius 3 is 2.67 bits per heavy atom. The normalized spacial score (nSPS) is 27.0. The number of hydrogen-bond acceptors (Lipinski definition) is 4. The quantitative estimate of drug-likeness (QED) is 0.882. The fraction of sp³-hybridized carbons (Fsp3) is 0.619. The van der Waals surface area contributed by atoms with E-state index in [2.05, 4.69) is 5.32 Å². The Kier molecular flexibility index (Phi) is 5.45. The standard InChI is InChI=1S/C21H28N2O4/c24-19(22-14-17-15-26-21(27-17)11-5-2-6-12-21)18-10-7-13-23(18)20(25)16-8-3-1-4-9-16/h1,3-4,8-9,17-18H,2,5-7,10-15H2,(H,22,24). The highest BCUT2D eigenvalue weighted by atomic mass is 16.7. The number of likely N-dealkylation sites (tertiary alicyclic amines) is 1. The summed E-state index contributed by atoms with van der Waals surface area (Å²) in [6, 6.07) is 8.76. The van der Waals surface area contributed by atoms with Crippen molar-refractivity contribution in [2.24, 2.45) is 0 Å². The Labute approximate surface area is 160 Å². The lowest BCUT2D eigenvalue weighted by atomic mass is 9.94. The van der Waals surface area contributed by atoms with Gasteiger partial charge in [0.2, 0.25) is 5.91 Å². The van der Waals surface area contributed by atoms with Crippen LogP contribution in [0.15, 0.2) is 30.3 Å². The first kappa shape index (κ1) is 18.4. The fourth-order valence-corrected chi connectivity index (χ4v) is 4.43. The Bertz CT molecular complexity index is 672. The van der Waals surface area contributed by atoms with Gasteiger partial charge in [-0.3, -0.25) is 9.59 Å². The second-order valence-corrected chi connectivity index (χ2v) is 7.79. The summed E-state index contributed by atoms with van der Waals surface area (Å²) in [6.07, 6.45) is 6.85. The van der Waals surface area contributed by atoms with Crippen LogP contribution in [0.1, 0.15) is 55.3 Å². The lowest BCUT2D eigenvalue weighted by Crippen LogP contribution is -2.48. The maximum Gasteiger partial charge on any atom is 0.254 e. The van der Waals surface area contributed by atoms with Crippen molar-refractivity contribution in [3.63, 3.8) is 0 Å². The zero-order chi connectivity index (χ0) is 18.7. The van der Waals surface area contributed by atoms with E-state index in [1.54, 1.807) is 17.0 Å². The van der Waals surface area contributed by atoms with Crippen molar-refractivity contribution in [2.75, 3.05) is 19.7 Å². The first-order valence-corrected chi connectivity index (χ1v) is 10.1. The van der Waals surface area contributed by atoms with E-state index in [1.165, 1.54) is 6.42 Å². The van der Waals surface area contributed by atoms with Gasteiger partial charge < -0.3 is 19.7 Å². The van der Waals surface area contributed by atoms with E-state index in [4.69, 9.17) is 9.47 Å². The van der Waals surface area contributed by atoms with Crippen LogP contribution in [0.25, 0.3) is 0 Å². The molecule has 3 fully saturated rings. The van der Waals surface area contributed by atoms with Gasteiger partial charge in [0, 0.05) is 31.5 Å². The summed E-state index contributed by atoms with van der Waals surface area (Å²) in [5, 5.41) is 2.99. The molecular formula is C21H28N2O4. The second kappa shape index (κ2) is 7.98. The molecule has 1 aromatic rings. The highest BCUT2D eigenvalue weighted by Gasteiger charge is 2.42. The van der Waals surface area contributed by atoms with Crippen molar-refractivity contribution in [1.82, 2.24) is 10.2 Å². The molecule has 2 unspecified atom stereocenters. The molecule has 1 N–H and O–H groups in total. The van der Waals surface area contributed by atoms with Crippen LogP contribution in [-0.4, -0.2) is 54.3 Å². The van der Waals surface area contributed by atoms with E-state index in [-0.39, 0.29) is 17.9 Å². The van der Waals surface area contributed by atoms with Gasteiger partial charge in [0.1, 0.15) is 12.1 Å². The number of rotatable bonds is 4. The fourth-order valence-electron chi connectivity index (χ4n) is 4.43. The molecule has 6 nitrogen and oxygen atoms in total. The molecule has 146 valence electrons. The van der Waals surface area contributed by atoms with Crippen LogP contribution in [0.5, 0.6) is 0 Å². The van der Waals surface area contributed by atoms with Crippen molar-refractivity contribution < 1.29 is 19.1 Å². The van der Waals surface area contributed by atoms with Crippen LogP contribution < -0.4 is 5.32 Å². The van der Waals surface area contributed by atoms with Crippen LogP contribution in [-0.2, 0) is 14.3 Å². The number of carbonyl (C=O) groups is 2. The number of carbonyl (C=O) groups excluding carboxylic acids is 2. The van der Waals surface area contributed by atoms with Crippen LogP contribution in [0.2, 0.25) is 0 Å². The average Bonchev–Trinajstić information content (AvgIpc) is 3.35. The Balaban J connectivity index is 1.31. The molecule has 2 amide bonds. The number of amides is 2. The Hall–Kier alpha value is -1.92. The summed E-state index contributed by atoms with van der Waals surface area (Å²) in [4.78, 5) is 27.1. The molecule has 0 radical (unpaired) electrons. The highest BCUT2D eigenvalue weighted by Crippen LogP contribution is 2.37. The SMILES string of the molecule is O=C(NCC1COC2(CCCCC2)O1)C1CCCN1C(=O)c1ccccc1. The summed E-state index contributed by atoms with van der Waals surface area (Å²) in [5.74, 6) is -0.587. The highest BCUT2D eigenvalue weighted by molar-refractivity contribution is 5.97. The largest absolute Gasteiger partial charge is 0.352 e. The molecule has 2 atom stereocenters. The maximum absolute atomic E-state index is 12.7. The minimum Gasteiger partial charge on any atom is -0.352 e. The first-order chi connectivity index (χ1) is 13.2. The van der Waals surface area contributed by atoms with Crippen LogP contribution in [0.3, 0.4) is 0 Å². The number of nitrogens with zero attached hydrogens (tertiary/aromatic N) is 1. The monoisotopic (exact) mass is 372 g/mol. The minimum absolute atomic E-state index is 0.0742. The molecule has 0 bridgehead atoms. The summed E-state index contributed by atoms with van der Waals surface area (Å²) < 4.78 is 12.1. The van der Waals surface area contributed by atoms with Crippen LogP contribution in [0.4, 0.5) is 0 Å². The molecule has 1 saturated carbocycles. The number of hydrogen-bond donors (Lipinski definition) is 1. The summed E-state index contributed by atoms with van der Waals surface area (Å²) >= 11 is 0. The predicted molar refractivity (Wildman–Crippen MR) is 100 cm³/mol. The number of nitrogens with one attached hydrogen (secondary N) is 1. The maximum atomic E-state index is 12.7.